The number of nitriles is 1. The highest BCUT2D eigenvalue weighted by Gasteiger charge is 2.45. The number of piperazine rings is 1. The molecule has 9 rings (SSSR count). The highest BCUT2D eigenvalue weighted by atomic mass is 19.4. The molecule has 2 aromatic carbocycles. The Labute approximate surface area is 381 Å². The van der Waals surface area contributed by atoms with Crippen molar-refractivity contribution in [3.8, 4) is 6.07 Å². The van der Waals surface area contributed by atoms with E-state index in [1.54, 1.807) is 24.4 Å². The summed E-state index contributed by atoms with van der Waals surface area (Å²) in [7, 11) is 0. The summed E-state index contributed by atoms with van der Waals surface area (Å²) in [5, 5.41) is 14.3. The Balaban J connectivity index is 0.679. The van der Waals surface area contributed by atoms with Gasteiger partial charge in [0.25, 0.3) is 11.8 Å². The third-order valence-corrected chi connectivity index (χ3v) is 14.4. The Hall–Kier alpha value is -6.06. The van der Waals surface area contributed by atoms with E-state index in [2.05, 4.69) is 35.2 Å². The zero-order chi connectivity index (χ0) is 46.1. The maximum atomic E-state index is 13.5. The minimum absolute atomic E-state index is 0.0880. The van der Waals surface area contributed by atoms with Crippen LogP contribution in [0.4, 0.5) is 36.1 Å². The van der Waals surface area contributed by atoms with Crippen molar-refractivity contribution in [2.45, 2.75) is 63.6 Å². The SMILES string of the molecule is N#Cc1ccc(N2CCC(C(=O)Nc3ccc(N4CCC(CN5CCN(C[C@H]6CCCN(c7ccc8c(c7)C(=O)N(C7CCC(=O)NC7=O)C8=O)C6)CC5)CC4)cn3)CC2)cc1C(F)(F)F. The van der Waals surface area contributed by atoms with Gasteiger partial charge in [0.1, 0.15) is 11.9 Å². The molecule has 348 valence electrons. The number of carbonyl (C=O) groups excluding carboxylic acids is 5. The van der Waals surface area contributed by atoms with Crippen molar-refractivity contribution in [2.24, 2.45) is 17.8 Å². The van der Waals surface area contributed by atoms with E-state index >= 15 is 0 Å². The Morgan fingerprint density at radius 1 is 0.727 bits per heavy atom. The number of rotatable bonds is 10. The molecule has 0 spiro atoms. The van der Waals surface area contributed by atoms with Crippen LogP contribution in [0.5, 0.6) is 0 Å². The molecule has 2 atom stereocenters. The van der Waals surface area contributed by atoms with Gasteiger partial charge in [0.2, 0.25) is 17.7 Å². The first-order chi connectivity index (χ1) is 31.8. The number of halogens is 3. The van der Waals surface area contributed by atoms with E-state index in [4.69, 9.17) is 5.26 Å². The Bertz CT molecular complexity index is 2380. The van der Waals surface area contributed by atoms with Crippen molar-refractivity contribution >= 4 is 52.4 Å². The van der Waals surface area contributed by atoms with Crippen LogP contribution in [-0.4, -0.2) is 134 Å². The largest absolute Gasteiger partial charge is 0.417 e. The smallest absolute Gasteiger partial charge is 0.371 e. The molecule has 0 aliphatic carbocycles. The van der Waals surface area contributed by atoms with Gasteiger partial charge in [0, 0.05) is 102 Å². The quantitative estimate of drug-likeness (QED) is 0.263. The summed E-state index contributed by atoms with van der Waals surface area (Å²) in [6.07, 6.45) is 2.74. The van der Waals surface area contributed by atoms with Gasteiger partial charge in [-0.1, -0.05) is 0 Å². The lowest BCUT2D eigenvalue weighted by atomic mass is 9.95. The van der Waals surface area contributed by atoms with Crippen molar-refractivity contribution in [3.05, 3.63) is 77.0 Å². The molecule has 0 bridgehead atoms. The minimum Gasteiger partial charge on any atom is -0.371 e. The minimum atomic E-state index is -4.62. The van der Waals surface area contributed by atoms with Crippen molar-refractivity contribution in [3.63, 3.8) is 0 Å². The van der Waals surface area contributed by atoms with Gasteiger partial charge in [-0.2, -0.15) is 18.4 Å². The number of nitrogens with zero attached hydrogens (tertiary/aromatic N) is 8. The van der Waals surface area contributed by atoms with E-state index in [1.807, 2.05) is 23.1 Å². The first-order valence-electron chi connectivity index (χ1n) is 23.2. The molecule has 0 saturated carbocycles. The Morgan fingerprint density at radius 2 is 1.36 bits per heavy atom. The fraction of sp³-hybridized carbons (Fsp3) is 0.521. The number of hydrogen-bond donors (Lipinski definition) is 2. The van der Waals surface area contributed by atoms with Crippen molar-refractivity contribution < 1.29 is 37.1 Å². The Kier molecular flexibility index (Phi) is 13.0. The molecule has 2 N–H and O–H groups in total. The van der Waals surface area contributed by atoms with Crippen LogP contribution in [-0.2, 0) is 20.6 Å². The molecule has 66 heavy (non-hydrogen) atoms. The van der Waals surface area contributed by atoms with Crippen molar-refractivity contribution in [1.29, 1.82) is 5.26 Å². The number of alkyl halides is 3. The summed E-state index contributed by atoms with van der Waals surface area (Å²) in [6.45, 7) is 10.7. The van der Waals surface area contributed by atoms with Crippen molar-refractivity contribution in [2.75, 3.05) is 98.6 Å². The maximum Gasteiger partial charge on any atom is 0.417 e. The van der Waals surface area contributed by atoms with Gasteiger partial charge in [0.15, 0.2) is 0 Å². The van der Waals surface area contributed by atoms with E-state index in [9.17, 15) is 37.1 Å². The summed E-state index contributed by atoms with van der Waals surface area (Å²) < 4.78 is 40.5. The monoisotopic (exact) mass is 908 g/mol. The van der Waals surface area contributed by atoms with Crippen LogP contribution >= 0.6 is 0 Å². The average molecular weight is 909 g/mol. The molecular formula is C48H55F3N10O5. The molecule has 7 heterocycles. The molecule has 6 aliphatic rings. The first kappa shape index (κ1) is 45.1. The number of imide groups is 2. The van der Waals surface area contributed by atoms with E-state index < -0.39 is 47.0 Å². The summed E-state index contributed by atoms with van der Waals surface area (Å²) in [4.78, 5) is 81.2. The summed E-state index contributed by atoms with van der Waals surface area (Å²) in [6, 6.07) is 13.6. The topological polar surface area (TPSA) is 166 Å². The lowest BCUT2D eigenvalue weighted by molar-refractivity contribution is -0.138. The van der Waals surface area contributed by atoms with Crippen LogP contribution in [0.1, 0.15) is 83.2 Å². The van der Waals surface area contributed by atoms with Gasteiger partial charge in [-0.15, -0.1) is 0 Å². The van der Waals surface area contributed by atoms with Crippen LogP contribution in [0, 0.1) is 29.1 Å². The number of benzene rings is 2. The number of hydrogen-bond acceptors (Lipinski definition) is 12. The van der Waals surface area contributed by atoms with Gasteiger partial charge in [-0.05, 0) is 105 Å². The summed E-state index contributed by atoms with van der Waals surface area (Å²) >= 11 is 0. The van der Waals surface area contributed by atoms with E-state index in [-0.39, 0.29) is 24.7 Å². The predicted octanol–water partition coefficient (Wildman–Crippen LogP) is 4.98. The maximum absolute atomic E-state index is 13.5. The number of anilines is 4. The third-order valence-electron chi connectivity index (χ3n) is 14.4. The highest BCUT2D eigenvalue weighted by Crippen LogP contribution is 2.36. The fourth-order valence-electron chi connectivity index (χ4n) is 10.7. The number of aromatic nitrogens is 1. The molecule has 0 radical (unpaired) electrons. The molecule has 15 nitrogen and oxygen atoms in total. The second-order valence-corrected chi connectivity index (χ2v) is 18.7. The average Bonchev–Trinajstić information content (AvgIpc) is 3.57. The zero-order valence-corrected chi connectivity index (χ0v) is 36.9. The number of amides is 5. The molecule has 18 heteroatoms. The summed E-state index contributed by atoms with van der Waals surface area (Å²) in [5.41, 5.74) is 1.58. The zero-order valence-electron chi connectivity index (χ0n) is 36.9. The lowest BCUT2D eigenvalue weighted by Gasteiger charge is -2.41. The number of nitrogens with one attached hydrogen (secondary N) is 2. The predicted molar refractivity (Wildman–Crippen MR) is 240 cm³/mol. The van der Waals surface area contributed by atoms with Crippen LogP contribution in [0.25, 0.3) is 0 Å². The highest BCUT2D eigenvalue weighted by molar-refractivity contribution is 6.23. The second kappa shape index (κ2) is 19.0. The molecule has 5 saturated heterocycles. The number of carbonyl (C=O) groups is 5. The fourth-order valence-corrected chi connectivity index (χ4v) is 10.7. The molecule has 1 unspecified atom stereocenters. The molecule has 3 aromatic rings. The normalized spacial score (nSPS) is 22.9. The van der Waals surface area contributed by atoms with E-state index in [0.717, 1.165) is 113 Å². The lowest BCUT2D eigenvalue weighted by Crippen LogP contribution is -2.54. The van der Waals surface area contributed by atoms with Crippen LogP contribution in [0.3, 0.4) is 0 Å². The number of piperidine rings is 4. The molecule has 1 aromatic heterocycles. The van der Waals surface area contributed by atoms with Crippen LogP contribution < -0.4 is 25.3 Å². The van der Waals surface area contributed by atoms with Gasteiger partial charge >= 0.3 is 6.18 Å². The molecule has 6 aliphatic heterocycles. The number of pyridine rings is 1. The van der Waals surface area contributed by atoms with Crippen LogP contribution in [0.15, 0.2) is 54.7 Å². The van der Waals surface area contributed by atoms with Crippen molar-refractivity contribution in [1.82, 2.24) is 25.0 Å². The van der Waals surface area contributed by atoms with E-state index in [1.165, 1.54) is 12.1 Å². The molecular weight excluding hydrogens is 854 g/mol. The Morgan fingerprint density at radius 3 is 2.03 bits per heavy atom. The van der Waals surface area contributed by atoms with Crippen LogP contribution in [0.2, 0.25) is 0 Å². The first-order valence-corrected chi connectivity index (χ1v) is 23.2. The van der Waals surface area contributed by atoms with Gasteiger partial charge in [-0.25, -0.2) is 4.98 Å². The summed E-state index contributed by atoms with van der Waals surface area (Å²) in [5.74, 6) is -0.837. The molecule has 5 amide bonds. The standard InChI is InChI=1S/C48H55F3N10O5/c49-48(50,51)40-25-36(4-3-34(40)26-52)58-18-13-33(14-19-58)44(63)54-42-9-6-37(27-53-42)59-16-11-31(12-17-59)28-56-20-22-57(23-21-56)29-32-2-1-15-60(30-32)35-5-7-38-39(24-35)47(66)61(46(38)65)41-8-10-43(62)55-45(41)64/h3-7,9,24-25,27,31-33,41H,1-2,8,10-23,28-30H2,(H,53,54,63)(H,55,62,64)/t32-,41?/m1/s1. The second-order valence-electron chi connectivity index (χ2n) is 18.7. The number of fused-ring (bicyclic) bond motifs is 1. The van der Waals surface area contributed by atoms with Gasteiger partial charge in [-0.3, -0.25) is 34.2 Å². The van der Waals surface area contributed by atoms with E-state index in [0.29, 0.717) is 60.4 Å². The third kappa shape index (κ3) is 9.73. The van der Waals surface area contributed by atoms with Gasteiger partial charge in [0.05, 0.1) is 40.2 Å². The van der Waals surface area contributed by atoms with Gasteiger partial charge < -0.3 is 29.8 Å². The molecule has 5 fully saturated rings.